The van der Waals surface area contributed by atoms with Gasteiger partial charge in [-0.1, -0.05) is 0 Å². The van der Waals surface area contributed by atoms with Crippen molar-refractivity contribution in [3.63, 3.8) is 0 Å². The quantitative estimate of drug-likeness (QED) is 0.636. The van der Waals surface area contributed by atoms with Crippen molar-refractivity contribution in [3.05, 3.63) is 34.6 Å². The second-order valence-corrected chi connectivity index (χ2v) is 8.14. The fourth-order valence-corrected chi connectivity index (χ4v) is 5.16. The molecule has 2 fully saturated rings. The Kier molecular flexibility index (Phi) is 4.30. The second kappa shape index (κ2) is 6.34. The monoisotopic (exact) mass is 347 g/mol. The van der Waals surface area contributed by atoms with Gasteiger partial charge in [0, 0.05) is 36.8 Å². The Balaban J connectivity index is 1.49. The second-order valence-electron chi connectivity index (χ2n) is 8.14. The number of halogens is 1. The summed E-state index contributed by atoms with van der Waals surface area (Å²) in [5.41, 5.74) is 3.84. The Morgan fingerprint density at radius 1 is 1.36 bits per heavy atom. The lowest BCUT2D eigenvalue weighted by molar-refractivity contribution is 0.0705. The predicted octanol–water partition coefficient (Wildman–Crippen LogP) is 2.18. The van der Waals surface area contributed by atoms with E-state index in [9.17, 15) is 9.18 Å². The van der Waals surface area contributed by atoms with Crippen LogP contribution in [-0.4, -0.2) is 53.6 Å². The largest absolute Gasteiger partial charge is 0.306 e. The number of hydrogen-bond acceptors (Lipinski definition) is 4. The third-order valence-electron chi connectivity index (χ3n) is 6.50. The van der Waals surface area contributed by atoms with E-state index in [-0.39, 0.29) is 11.4 Å². The van der Waals surface area contributed by atoms with Gasteiger partial charge >= 0.3 is 0 Å². The number of hydroxylamine groups is 1. The maximum Gasteiger partial charge on any atom is 0.274 e. The van der Waals surface area contributed by atoms with Crippen molar-refractivity contribution in [1.82, 2.24) is 15.3 Å². The molecule has 1 aromatic carbocycles. The maximum atomic E-state index is 14.5. The van der Waals surface area contributed by atoms with Crippen molar-refractivity contribution in [2.45, 2.75) is 44.7 Å². The summed E-state index contributed by atoms with van der Waals surface area (Å²) in [5, 5.41) is 8.75. The number of carbonyl (C=O) groups is 1. The lowest BCUT2D eigenvalue weighted by Crippen LogP contribution is -2.39. The van der Waals surface area contributed by atoms with Gasteiger partial charge in [0.2, 0.25) is 0 Å². The molecule has 0 aromatic heterocycles. The molecule has 2 atom stereocenters. The lowest BCUT2D eigenvalue weighted by Gasteiger charge is -2.35. The minimum Gasteiger partial charge on any atom is -0.306 e. The van der Waals surface area contributed by atoms with Crippen molar-refractivity contribution >= 4 is 5.91 Å². The molecule has 1 saturated heterocycles. The van der Waals surface area contributed by atoms with Gasteiger partial charge in [0.05, 0.1) is 0 Å². The molecule has 2 heterocycles. The fraction of sp³-hybridized carbons (Fsp3) is 0.632. The van der Waals surface area contributed by atoms with Crippen molar-refractivity contribution < 1.29 is 14.4 Å². The fourth-order valence-electron chi connectivity index (χ4n) is 5.16. The molecule has 1 amide bonds. The summed E-state index contributed by atoms with van der Waals surface area (Å²) in [7, 11) is 2.20. The van der Waals surface area contributed by atoms with Crippen molar-refractivity contribution in [3.8, 4) is 0 Å². The number of likely N-dealkylation sites (tertiary alicyclic amines) is 1. The number of carbonyl (C=O) groups excluding carboxylic acids is 1. The minimum absolute atomic E-state index is 0.181. The topological polar surface area (TPSA) is 55.8 Å². The molecule has 4 rings (SSSR count). The third-order valence-corrected chi connectivity index (χ3v) is 6.50. The smallest absolute Gasteiger partial charge is 0.274 e. The average molecular weight is 347 g/mol. The van der Waals surface area contributed by atoms with Crippen LogP contribution in [0.1, 0.15) is 47.2 Å². The van der Waals surface area contributed by atoms with Crippen LogP contribution < -0.4 is 5.48 Å². The van der Waals surface area contributed by atoms with Gasteiger partial charge in [0.25, 0.3) is 5.91 Å². The van der Waals surface area contributed by atoms with Gasteiger partial charge in [-0.3, -0.25) is 14.9 Å². The Morgan fingerprint density at radius 2 is 2.20 bits per heavy atom. The maximum absolute atomic E-state index is 14.5. The van der Waals surface area contributed by atoms with Crippen LogP contribution in [0.3, 0.4) is 0 Å². The molecular weight excluding hydrogens is 321 g/mol. The van der Waals surface area contributed by atoms with Gasteiger partial charge in [0.1, 0.15) is 5.82 Å². The van der Waals surface area contributed by atoms with E-state index in [1.54, 1.807) is 11.5 Å². The molecule has 5 nitrogen and oxygen atoms in total. The number of nitrogens with zero attached hydrogens (tertiary/aromatic N) is 2. The van der Waals surface area contributed by atoms with Crippen LogP contribution in [0, 0.1) is 11.2 Å². The summed E-state index contributed by atoms with van der Waals surface area (Å²) in [5.74, 6) is -0.999. The van der Waals surface area contributed by atoms with Crippen LogP contribution in [0.4, 0.5) is 4.39 Å². The van der Waals surface area contributed by atoms with E-state index in [0.717, 1.165) is 18.5 Å². The number of rotatable bonds is 2. The first-order valence-electron chi connectivity index (χ1n) is 9.18. The highest BCUT2D eigenvalue weighted by Gasteiger charge is 2.45. The zero-order valence-corrected chi connectivity index (χ0v) is 14.7. The summed E-state index contributed by atoms with van der Waals surface area (Å²) >= 11 is 0. The predicted molar refractivity (Wildman–Crippen MR) is 92.0 cm³/mol. The number of fused-ring (bicyclic) bond motifs is 1. The molecule has 25 heavy (non-hydrogen) atoms. The van der Waals surface area contributed by atoms with Crippen LogP contribution in [0.25, 0.3) is 0 Å². The van der Waals surface area contributed by atoms with E-state index >= 15 is 0 Å². The van der Waals surface area contributed by atoms with E-state index in [1.807, 2.05) is 0 Å². The first kappa shape index (κ1) is 16.9. The molecule has 1 aliphatic carbocycles. The van der Waals surface area contributed by atoms with E-state index < -0.39 is 5.91 Å². The van der Waals surface area contributed by atoms with Crippen LogP contribution in [-0.2, 0) is 13.0 Å². The first-order valence-corrected chi connectivity index (χ1v) is 9.18. The van der Waals surface area contributed by atoms with E-state index in [2.05, 4.69) is 16.8 Å². The highest BCUT2D eigenvalue weighted by molar-refractivity contribution is 5.93. The molecule has 3 aliphatic rings. The summed E-state index contributed by atoms with van der Waals surface area (Å²) in [4.78, 5) is 16.4. The number of nitrogens with one attached hydrogen (secondary N) is 1. The molecular formula is C19H26FN3O2. The van der Waals surface area contributed by atoms with E-state index in [0.29, 0.717) is 23.6 Å². The molecule has 136 valence electrons. The highest BCUT2D eigenvalue weighted by atomic mass is 19.1. The molecule has 0 bridgehead atoms. The highest BCUT2D eigenvalue weighted by Crippen LogP contribution is 2.47. The molecule has 1 saturated carbocycles. The van der Waals surface area contributed by atoms with Gasteiger partial charge in [0.15, 0.2) is 0 Å². The number of amides is 1. The number of benzene rings is 1. The minimum atomic E-state index is -0.660. The van der Waals surface area contributed by atoms with E-state index in [1.165, 1.54) is 44.8 Å². The van der Waals surface area contributed by atoms with Crippen LogP contribution in [0.5, 0.6) is 0 Å². The van der Waals surface area contributed by atoms with Gasteiger partial charge in [-0.25, -0.2) is 9.87 Å². The zero-order valence-electron chi connectivity index (χ0n) is 14.7. The van der Waals surface area contributed by atoms with Crippen LogP contribution in [0.15, 0.2) is 12.1 Å². The standard InChI is InChI=1S/C19H26FN3O2/c1-22-7-5-19(12-22)4-2-15(10-19)23-6-3-13-8-14(18(24)21-25)9-17(20)16(13)11-23/h8-9,15,25H,2-7,10-12H2,1H3,(H,21,24)/t15-,19+/m0/s1. The Labute approximate surface area is 147 Å². The first-order chi connectivity index (χ1) is 12.0. The average Bonchev–Trinajstić information content (AvgIpc) is 3.20. The zero-order chi connectivity index (χ0) is 17.6. The third kappa shape index (κ3) is 3.07. The van der Waals surface area contributed by atoms with Gasteiger partial charge < -0.3 is 4.90 Å². The Bertz CT molecular complexity index is 695. The molecule has 1 spiro atoms. The SMILES string of the molecule is CN1CC[C@@]2(CC[C@H](N3CCc4cc(C(=O)NO)cc(F)c4C3)C2)C1. The summed E-state index contributed by atoms with van der Waals surface area (Å²) in [6.07, 6.45) is 5.75. The molecule has 0 unspecified atom stereocenters. The van der Waals surface area contributed by atoms with Crippen LogP contribution in [0.2, 0.25) is 0 Å². The normalized spacial score (nSPS) is 30.0. The van der Waals surface area contributed by atoms with Gasteiger partial charge in [-0.15, -0.1) is 0 Å². The summed E-state index contributed by atoms with van der Waals surface area (Å²) in [6, 6.07) is 3.48. The Hall–Kier alpha value is -1.50. The summed E-state index contributed by atoms with van der Waals surface area (Å²) in [6.45, 7) is 3.92. The van der Waals surface area contributed by atoms with Crippen molar-refractivity contribution in [1.29, 1.82) is 0 Å². The molecule has 6 heteroatoms. The molecule has 2 N–H and O–H groups in total. The lowest BCUT2D eigenvalue weighted by atomic mass is 9.85. The summed E-state index contributed by atoms with van der Waals surface area (Å²) < 4.78 is 14.5. The van der Waals surface area contributed by atoms with Crippen LogP contribution >= 0.6 is 0 Å². The molecule has 2 aliphatic heterocycles. The van der Waals surface area contributed by atoms with Gasteiger partial charge in [-0.2, -0.15) is 0 Å². The van der Waals surface area contributed by atoms with Crippen molar-refractivity contribution in [2.24, 2.45) is 5.41 Å². The van der Waals surface area contributed by atoms with Gasteiger partial charge in [-0.05, 0) is 68.8 Å². The molecule has 1 aromatic rings. The molecule has 0 radical (unpaired) electrons. The number of hydrogen-bond donors (Lipinski definition) is 2. The van der Waals surface area contributed by atoms with Crippen molar-refractivity contribution in [2.75, 3.05) is 26.7 Å². The Morgan fingerprint density at radius 3 is 2.92 bits per heavy atom. The van der Waals surface area contributed by atoms with E-state index in [4.69, 9.17) is 5.21 Å².